The molecule has 4 rings (SSSR count). The third-order valence-corrected chi connectivity index (χ3v) is 6.28. The number of ether oxygens (including phenoxy) is 3. The Balaban J connectivity index is 1.58. The molecule has 0 aliphatic heterocycles. The molecular weight excluding hydrogens is 500 g/mol. The lowest BCUT2D eigenvalue weighted by atomic mass is 10.0. The largest absolute Gasteiger partial charge is 0.507 e. The normalized spacial score (nSPS) is 10.8. The van der Waals surface area contributed by atoms with Crippen LogP contribution in [-0.2, 0) is 19.6 Å². The Hall–Kier alpha value is -4.77. The number of ketones is 1. The second kappa shape index (κ2) is 13.9. The Morgan fingerprint density at radius 2 is 1.45 bits per heavy atom. The second-order valence-corrected chi connectivity index (χ2v) is 9.61. The van der Waals surface area contributed by atoms with Crippen LogP contribution in [0.4, 0.5) is 0 Å². The molecule has 0 atom stereocenters. The minimum absolute atomic E-state index is 0.127. The summed E-state index contributed by atoms with van der Waals surface area (Å²) >= 11 is 0. The van der Waals surface area contributed by atoms with E-state index in [4.69, 9.17) is 14.2 Å². The summed E-state index contributed by atoms with van der Waals surface area (Å²) in [5.74, 6) is 1.33. The third-order valence-electron chi connectivity index (χ3n) is 6.28. The van der Waals surface area contributed by atoms with Gasteiger partial charge in [-0.05, 0) is 67.3 Å². The van der Waals surface area contributed by atoms with E-state index in [2.05, 4.69) is 6.08 Å². The number of aromatic hydroxyl groups is 1. The van der Waals surface area contributed by atoms with Crippen molar-refractivity contribution >= 4 is 11.9 Å². The maximum Gasteiger partial charge on any atom is 0.189 e. The first-order valence-electron chi connectivity index (χ1n) is 13.2. The van der Waals surface area contributed by atoms with E-state index in [-0.39, 0.29) is 17.1 Å². The highest BCUT2D eigenvalue weighted by Gasteiger charge is 2.14. The molecule has 0 radical (unpaired) electrons. The molecule has 1 N–H and O–H groups in total. The number of carbonyl (C=O) groups is 1. The Kier molecular flexibility index (Phi) is 9.78. The van der Waals surface area contributed by atoms with Crippen molar-refractivity contribution in [3.63, 3.8) is 0 Å². The quantitative estimate of drug-likeness (QED) is 0.113. The van der Waals surface area contributed by atoms with Crippen LogP contribution in [0.5, 0.6) is 23.0 Å². The fourth-order valence-corrected chi connectivity index (χ4v) is 4.07. The maximum atomic E-state index is 13.2. The minimum atomic E-state index is -0.322. The van der Waals surface area contributed by atoms with Crippen LogP contribution in [0.15, 0.2) is 109 Å². The topological polar surface area (TPSA) is 65.0 Å². The number of rotatable bonds is 12. The van der Waals surface area contributed by atoms with Gasteiger partial charge in [-0.25, -0.2) is 0 Å². The number of phenolic OH excluding ortho intramolecular Hbond substituents is 1. The smallest absolute Gasteiger partial charge is 0.189 e. The van der Waals surface area contributed by atoms with Gasteiger partial charge in [0, 0.05) is 17.7 Å². The number of allylic oxidation sites excluding steroid dienone is 3. The average Bonchev–Trinajstić information content (AvgIpc) is 2.98. The Morgan fingerprint density at radius 1 is 0.800 bits per heavy atom. The van der Waals surface area contributed by atoms with Crippen molar-refractivity contribution in [3.05, 3.63) is 137 Å². The van der Waals surface area contributed by atoms with Gasteiger partial charge in [0.15, 0.2) is 5.78 Å². The summed E-state index contributed by atoms with van der Waals surface area (Å²) in [7, 11) is 1.55. The van der Waals surface area contributed by atoms with Crippen LogP contribution in [0.2, 0.25) is 0 Å². The van der Waals surface area contributed by atoms with Gasteiger partial charge < -0.3 is 19.3 Å². The van der Waals surface area contributed by atoms with Gasteiger partial charge >= 0.3 is 0 Å². The molecule has 0 aliphatic rings. The number of hydrogen-bond donors (Lipinski definition) is 1. The molecule has 0 unspecified atom stereocenters. The highest BCUT2D eigenvalue weighted by molar-refractivity contribution is 6.09. The first-order valence-corrected chi connectivity index (χ1v) is 13.2. The van der Waals surface area contributed by atoms with Gasteiger partial charge in [-0.2, -0.15) is 0 Å². The van der Waals surface area contributed by atoms with E-state index in [0.717, 1.165) is 22.3 Å². The van der Waals surface area contributed by atoms with E-state index in [1.165, 1.54) is 12.1 Å². The molecule has 0 bridgehead atoms. The zero-order chi connectivity index (χ0) is 28.3. The van der Waals surface area contributed by atoms with E-state index >= 15 is 0 Å². The van der Waals surface area contributed by atoms with Crippen molar-refractivity contribution in [2.45, 2.75) is 33.5 Å². The van der Waals surface area contributed by atoms with Gasteiger partial charge in [0.1, 0.15) is 36.2 Å². The van der Waals surface area contributed by atoms with Crippen LogP contribution in [-0.4, -0.2) is 18.0 Å². The van der Waals surface area contributed by atoms with Crippen molar-refractivity contribution in [2.75, 3.05) is 7.11 Å². The van der Waals surface area contributed by atoms with Gasteiger partial charge in [-0.3, -0.25) is 4.79 Å². The van der Waals surface area contributed by atoms with Crippen LogP contribution < -0.4 is 14.2 Å². The highest BCUT2D eigenvalue weighted by atomic mass is 16.5. The average molecular weight is 535 g/mol. The second-order valence-electron chi connectivity index (χ2n) is 9.61. The molecule has 204 valence electrons. The Morgan fingerprint density at radius 3 is 2.08 bits per heavy atom. The van der Waals surface area contributed by atoms with Crippen molar-refractivity contribution < 1.29 is 24.1 Å². The van der Waals surface area contributed by atoms with Gasteiger partial charge in [-0.1, -0.05) is 72.3 Å². The number of hydrogen-bond acceptors (Lipinski definition) is 5. The molecule has 0 saturated heterocycles. The lowest BCUT2D eigenvalue weighted by molar-refractivity contribution is 0.104. The van der Waals surface area contributed by atoms with E-state index in [0.29, 0.717) is 42.4 Å². The first-order chi connectivity index (χ1) is 19.4. The molecule has 0 aliphatic carbocycles. The molecule has 0 spiro atoms. The molecule has 0 heterocycles. The standard InChI is InChI=1S/C35H34O5/c1-25(2)14-15-29-20-31(33(37)22-34(29)38-3)32(36)19-17-28-16-18-30(39-23-26-10-6-4-7-11-26)21-35(28)40-24-27-12-8-5-9-13-27/h4-14,16-22,37H,15,23-24H2,1-3H3/b19-17+. The van der Waals surface area contributed by atoms with Crippen LogP contribution in [0, 0.1) is 0 Å². The summed E-state index contributed by atoms with van der Waals surface area (Å²) in [6, 6.07) is 28.5. The summed E-state index contributed by atoms with van der Waals surface area (Å²) in [5.41, 5.74) is 4.99. The van der Waals surface area contributed by atoms with E-state index in [9.17, 15) is 9.90 Å². The molecule has 40 heavy (non-hydrogen) atoms. The number of benzene rings is 4. The number of methoxy groups -OCH3 is 1. The molecule has 4 aromatic rings. The fraction of sp³-hybridized carbons (Fsp3) is 0.171. The lowest BCUT2D eigenvalue weighted by Crippen LogP contribution is -2.01. The van der Waals surface area contributed by atoms with Crippen molar-refractivity contribution in [2.24, 2.45) is 0 Å². The molecular formula is C35H34O5. The molecule has 0 fully saturated rings. The van der Waals surface area contributed by atoms with Crippen molar-refractivity contribution in [1.82, 2.24) is 0 Å². The maximum absolute atomic E-state index is 13.2. The predicted molar refractivity (Wildman–Crippen MR) is 159 cm³/mol. The first kappa shape index (κ1) is 28.2. The Bertz CT molecular complexity index is 1480. The Labute approximate surface area is 236 Å². The summed E-state index contributed by atoms with van der Waals surface area (Å²) in [4.78, 5) is 13.2. The van der Waals surface area contributed by atoms with Gasteiger partial charge in [0.25, 0.3) is 0 Å². The SMILES string of the molecule is COc1cc(O)c(C(=O)/C=C/c2ccc(OCc3ccccc3)cc2OCc2ccccc2)cc1CC=C(C)C. The minimum Gasteiger partial charge on any atom is -0.507 e. The molecule has 0 saturated carbocycles. The monoisotopic (exact) mass is 534 g/mol. The van der Waals surface area contributed by atoms with Crippen molar-refractivity contribution in [1.29, 1.82) is 0 Å². The van der Waals surface area contributed by atoms with Gasteiger partial charge in [0.05, 0.1) is 12.7 Å². The lowest BCUT2D eigenvalue weighted by Gasteiger charge is -2.13. The molecule has 0 aromatic heterocycles. The van der Waals surface area contributed by atoms with Crippen LogP contribution in [0.25, 0.3) is 6.08 Å². The molecule has 5 nitrogen and oxygen atoms in total. The summed E-state index contributed by atoms with van der Waals surface area (Å²) in [6.45, 7) is 4.82. The zero-order valence-electron chi connectivity index (χ0n) is 23.1. The van der Waals surface area contributed by atoms with Crippen LogP contribution >= 0.6 is 0 Å². The zero-order valence-corrected chi connectivity index (χ0v) is 23.1. The van der Waals surface area contributed by atoms with Crippen LogP contribution in [0.3, 0.4) is 0 Å². The number of phenols is 1. The number of carbonyl (C=O) groups excluding carboxylic acids is 1. The third kappa shape index (κ3) is 7.87. The van der Waals surface area contributed by atoms with Gasteiger partial charge in [-0.15, -0.1) is 0 Å². The molecule has 4 aromatic carbocycles. The summed E-state index contributed by atoms with van der Waals surface area (Å²) in [5, 5.41) is 10.6. The molecule has 5 heteroatoms. The summed E-state index contributed by atoms with van der Waals surface area (Å²) < 4.78 is 17.6. The van der Waals surface area contributed by atoms with Gasteiger partial charge in [0.2, 0.25) is 0 Å². The van der Waals surface area contributed by atoms with E-state index < -0.39 is 0 Å². The van der Waals surface area contributed by atoms with Crippen LogP contribution in [0.1, 0.15) is 46.5 Å². The predicted octanol–water partition coefficient (Wildman–Crippen LogP) is 7.96. The van der Waals surface area contributed by atoms with E-state index in [1.54, 1.807) is 19.3 Å². The fourth-order valence-electron chi connectivity index (χ4n) is 4.07. The highest BCUT2D eigenvalue weighted by Crippen LogP contribution is 2.31. The summed E-state index contributed by atoms with van der Waals surface area (Å²) in [6.07, 6.45) is 5.79. The van der Waals surface area contributed by atoms with Crippen molar-refractivity contribution in [3.8, 4) is 23.0 Å². The van der Waals surface area contributed by atoms with E-state index in [1.807, 2.05) is 92.7 Å². The molecule has 0 amide bonds.